The highest BCUT2D eigenvalue weighted by Crippen LogP contribution is 2.41. The van der Waals surface area contributed by atoms with Gasteiger partial charge in [0.25, 0.3) is 0 Å². The molecule has 0 amide bonds. The molecular weight excluding hydrogens is 629 g/mol. The summed E-state index contributed by atoms with van der Waals surface area (Å²) in [7, 11) is 0. The molecule has 3 heterocycles. The lowest BCUT2D eigenvalue weighted by Crippen LogP contribution is -2.00. The van der Waals surface area contributed by atoms with Gasteiger partial charge in [-0.3, -0.25) is 0 Å². The Balaban J connectivity index is 1.16. The van der Waals surface area contributed by atoms with E-state index in [1.165, 1.54) is 36.5 Å². The summed E-state index contributed by atoms with van der Waals surface area (Å²) in [6.07, 6.45) is 0. The van der Waals surface area contributed by atoms with Gasteiger partial charge in [0.2, 0.25) is 0 Å². The number of para-hydroxylation sites is 2. The summed E-state index contributed by atoms with van der Waals surface area (Å²) in [5.41, 5.74) is 8.56. The predicted molar refractivity (Wildman–Crippen MR) is 209 cm³/mol. The molecule has 0 aliphatic heterocycles. The molecule has 5 heteroatoms. The molecule has 0 N–H and O–H groups in total. The third kappa shape index (κ3) is 4.71. The fourth-order valence-electron chi connectivity index (χ4n) is 7.12. The summed E-state index contributed by atoms with van der Waals surface area (Å²) in [4.78, 5) is 15.3. The van der Waals surface area contributed by atoms with Crippen molar-refractivity contribution in [1.82, 2.24) is 19.5 Å². The minimum Gasteiger partial charge on any atom is -0.309 e. The molecule has 3 aromatic heterocycles. The molecule has 0 aliphatic carbocycles. The summed E-state index contributed by atoms with van der Waals surface area (Å²) in [6.45, 7) is 0. The van der Waals surface area contributed by atoms with Gasteiger partial charge >= 0.3 is 0 Å². The molecule has 10 aromatic rings. The lowest BCUT2D eigenvalue weighted by molar-refractivity contribution is 1.07. The summed E-state index contributed by atoms with van der Waals surface area (Å²) >= 11 is 1.84. The fraction of sp³-hybridized carbons (Fsp3) is 0. The third-order valence-corrected chi connectivity index (χ3v) is 10.7. The standard InChI is InChI=1S/C45H28N4S/c1-3-13-29(14-4-1)43-46-44(31-16-11-15-30(27-31)34-21-12-22-38-37-20-8-10-24-41(37)50-42(34)38)48-45(47-43)32-25-26-36-35-19-7-9-23-39(35)49(40(36)28-32)33-17-5-2-6-18-33/h1-28H. The van der Waals surface area contributed by atoms with Gasteiger partial charge < -0.3 is 4.57 Å². The van der Waals surface area contributed by atoms with Crippen molar-refractivity contribution in [2.45, 2.75) is 0 Å². The molecule has 0 saturated heterocycles. The molecule has 0 atom stereocenters. The minimum absolute atomic E-state index is 0.637. The van der Waals surface area contributed by atoms with Crippen molar-refractivity contribution >= 4 is 53.3 Å². The van der Waals surface area contributed by atoms with Gasteiger partial charge in [0.05, 0.1) is 11.0 Å². The molecule has 0 saturated carbocycles. The van der Waals surface area contributed by atoms with Crippen LogP contribution in [0.1, 0.15) is 0 Å². The van der Waals surface area contributed by atoms with Gasteiger partial charge in [-0.2, -0.15) is 0 Å². The van der Waals surface area contributed by atoms with Gasteiger partial charge in [0, 0.05) is 53.3 Å². The number of nitrogens with zero attached hydrogens (tertiary/aromatic N) is 4. The number of rotatable bonds is 5. The van der Waals surface area contributed by atoms with Crippen LogP contribution in [0.25, 0.3) is 93.0 Å². The van der Waals surface area contributed by atoms with Crippen molar-refractivity contribution in [2.75, 3.05) is 0 Å². The first-order valence-corrected chi connectivity index (χ1v) is 17.5. The van der Waals surface area contributed by atoms with Crippen LogP contribution in [0.2, 0.25) is 0 Å². The molecule has 0 aliphatic rings. The zero-order chi connectivity index (χ0) is 33.0. The maximum absolute atomic E-state index is 5.17. The number of hydrogen-bond acceptors (Lipinski definition) is 4. The zero-order valence-corrected chi connectivity index (χ0v) is 27.7. The van der Waals surface area contributed by atoms with Gasteiger partial charge in [-0.15, -0.1) is 11.3 Å². The van der Waals surface area contributed by atoms with E-state index in [1.807, 2.05) is 29.5 Å². The van der Waals surface area contributed by atoms with E-state index in [0.717, 1.165) is 39.0 Å². The molecule has 234 valence electrons. The van der Waals surface area contributed by atoms with Crippen LogP contribution in [0.4, 0.5) is 0 Å². The molecule has 0 radical (unpaired) electrons. The normalized spacial score (nSPS) is 11.6. The van der Waals surface area contributed by atoms with Gasteiger partial charge in [-0.25, -0.2) is 15.0 Å². The van der Waals surface area contributed by atoms with Gasteiger partial charge in [-0.05, 0) is 47.5 Å². The van der Waals surface area contributed by atoms with E-state index in [9.17, 15) is 0 Å². The number of hydrogen-bond donors (Lipinski definition) is 0. The largest absolute Gasteiger partial charge is 0.309 e. The topological polar surface area (TPSA) is 43.6 Å². The van der Waals surface area contributed by atoms with E-state index >= 15 is 0 Å². The van der Waals surface area contributed by atoms with Crippen LogP contribution in [0.5, 0.6) is 0 Å². The Kier molecular flexibility index (Phi) is 6.64. The van der Waals surface area contributed by atoms with Gasteiger partial charge in [0.15, 0.2) is 17.5 Å². The lowest BCUT2D eigenvalue weighted by Gasteiger charge is -2.11. The molecule has 7 aromatic carbocycles. The first-order valence-electron chi connectivity index (χ1n) is 16.7. The highest BCUT2D eigenvalue weighted by Gasteiger charge is 2.17. The van der Waals surface area contributed by atoms with Crippen LogP contribution in [0, 0.1) is 0 Å². The average molecular weight is 657 g/mol. The molecule has 0 fully saturated rings. The van der Waals surface area contributed by atoms with Crippen LogP contribution in [-0.4, -0.2) is 19.5 Å². The fourth-order valence-corrected chi connectivity index (χ4v) is 8.35. The molecule has 50 heavy (non-hydrogen) atoms. The van der Waals surface area contributed by atoms with Crippen molar-refractivity contribution < 1.29 is 0 Å². The smallest absolute Gasteiger partial charge is 0.164 e. The molecule has 4 nitrogen and oxygen atoms in total. The summed E-state index contributed by atoms with van der Waals surface area (Å²) in [5.74, 6) is 1.92. The Hall–Kier alpha value is -6.43. The predicted octanol–water partition coefficient (Wildman–Crippen LogP) is 12.0. The highest BCUT2D eigenvalue weighted by molar-refractivity contribution is 7.26. The molecule has 0 unspecified atom stereocenters. The second kappa shape index (κ2) is 11.6. The Labute approximate surface area is 292 Å². The average Bonchev–Trinajstić information content (AvgIpc) is 3.74. The number of aromatic nitrogens is 4. The maximum Gasteiger partial charge on any atom is 0.164 e. The summed E-state index contributed by atoms with van der Waals surface area (Å²) in [6, 6.07) is 59.6. The number of benzene rings is 7. The third-order valence-electron chi connectivity index (χ3n) is 9.45. The quantitative estimate of drug-likeness (QED) is 0.185. The Bertz CT molecular complexity index is 2870. The van der Waals surface area contributed by atoms with Crippen LogP contribution in [0.15, 0.2) is 170 Å². The Morgan fingerprint density at radius 1 is 0.380 bits per heavy atom. The number of fused-ring (bicyclic) bond motifs is 6. The molecular formula is C45H28N4S. The van der Waals surface area contributed by atoms with E-state index in [-0.39, 0.29) is 0 Å². The summed E-state index contributed by atoms with van der Waals surface area (Å²) in [5, 5.41) is 4.98. The molecule has 0 bridgehead atoms. The van der Waals surface area contributed by atoms with Crippen molar-refractivity contribution in [3.8, 4) is 51.0 Å². The number of thiophene rings is 1. The Morgan fingerprint density at radius 3 is 1.78 bits per heavy atom. The van der Waals surface area contributed by atoms with Crippen molar-refractivity contribution in [3.05, 3.63) is 170 Å². The lowest BCUT2D eigenvalue weighted by atomic mass is 10.0. The highest BCUT2D eigenvalue weighted by atomic mass is 32.1. The van der Waals surface area contributed by atoms with E-state index in [2.05, 4.69) is 156 Å². The Morgan fingerprint density at radius 2 is 0.960 bits per heavy atom. The van der Waals surface area contributed by atoms with Crippen LogP contribution in [0.3, 0.4) is 0 Å². The van der Waals surface area contributed by atoms with Crippen molar-refractivity contribution in [1.29, 1.82) is 0 Å². The van der Waals surface area contributed by atoms with Gasteiger partial charge in [-0.1, -0.05) is 133 Å². The van der Waals surface area contributed by atoms with Crippen molar-refractivity contribution in [3.63, 3.8) is 0 Å². The van der Waals surface area contributed by atoms with Crippen LogP contribution >= 0.6 is 11.3 Å². The van der Waals surface area contributed by atoms with Crippen molar-refractivity contribution in [2.24, 2.45) is 0 Å². The maximum atomic E-state index is 5.17. The first kappa shape index (κ1) is 28.6. The SMILES string of the molecule is c1ccc(-c2nc(-c3cccc(-c4cccc5c4sc4ccccc45)c3)nc(-c3ccc4c5ccccc5n(-c5ccccc5)c4c3)n2)cc1. The van der Waals surface area contributed by atoms with E-state index in [0.29, 0.717) is 17.5 Å². The second-order valence-corrected chi connectivity index (χ2v) is 13.5. The summed E-state index contributed by atoms with van der Waals surface area (Å²) < 4.78 is 4.91. The minimum atomic E-state index is 0.637. The van der Waals surface area contributed by atoms with Crippen LogP contribution < -0.4 is 0 Å². The molecule has 10 rings (SSSR count). The first-order chi connectivity index (χ1) is 24.8. The monoisotopic (exact) mass is 656 g/mol. The zero-order valence-electron chi connectivity index (χ0n) is 26.9. The van der Waals surface area contributed by atoms with Gasteiger partial charge in [0.1, 0.15) is 0 Å². The molecule has 0 spiro atoms. The van der Waals surface area contributed by atoms with E-state index in [4.69, 9.17) is 15.0 Å². The second-order valence-electron chi connectivity index (χ2n) is 12.5. The van der Waals surface area contributed by atoms with E-state index < -0.39 is 0 Å². The van der Waals surface area contributed by atoms with Crippen LogP contribution in [-0.2, 0) is 0 Å². The van der Waals surface area contributed by atoms with E-state index in [1.54, 1.807) is 0 Å².